The molecule has 0 bridgehead atoms. The van der Waals surface area contributed by atoms with E-state index in [0.29, 0.717) is 17.1 Å². The summed E-state index contributed by atoms with van der Waals surface area (Å²) in [5.74, 6) is 0.923. The van der Waals surface area contributed by atoms with Crippen molar-refractivity contribution in [3.63, 3.8) is 0 Å². The van der Waals surface area contributed by atoms with E-state index in [1.54, 1.807) is 10.7 Å². The van der Waals surface area contributed by atoms with E-state index in [-0.39, 0.29) is 17.9 Å². The third-order valence-electron chi connectivity index (χ3n) is 4.18. The van der Waals surface area contributed by atoms with Gasteiger partial charge in [-0.2, -0.15) is 5.10 Å². The number of furan rings is 1. The normalized spacial score (nSPS) is 11.6. The molecule has 136 valence electrons. The standard InChI is InChI=1S/C20H24N4O2/c1-13-7-5-6-8-16(13)24-18(10-17(23-24)20(2,3)4)22-19(25)14-9-15(11-21)26-12-14/h5-10,12H,11,21H2,1-4H3,(H,22,25). The van der Waals surface area contributed by atoms with Gasteiger partial charge in [0, 0.05) is 11.5 Å². The number of nitrogens with zero attached hydrogens (tertiary/aromatic N) is 2. The van der Waals surface area contributed by atoms with Crippen LogP contribution in [0.3, 0.4) is 0 Å². The number of anilines is 1. The summed E-state index contributed by atoms with van der Waals surface area (Å²) in [5, 5.41) is 7.68. The van der Waals surface area contributed by atoms with Crippen LogP contribution in [0.15, 0.2) is 47.1 Å². The Morgan fingerprint density at radius 2 is 2.00 bits per heavy atom. The van der Waals surface area contributed by atoms with Gasteiger partial charge in [-0.15, -0.1) is 0 Å². The van der Waals surface area contributed by atoms with E-state index >= 15 is 0 Å². The third kappa shape index (κ3) is 3.55. The Balaban J connectivity index is 2.01. The zero-order valence-corrected chi connectivity index (χ0v) is 15.5. The Labute approximate surface area is 153 Å². The Morgan fingerprint density at radius 1 is 1.27 bits per heavy atom. The van der Waals surface area contributed by atoms with Crippen LogP contribution in [0.5, 0.6) is 0 Å². The fourth-order valence-corrected chi connectivity index (χ4v) is 2.62. The number of rotatable bonds is 4. The smallest absolute Gasteiger partial charge is 0.260 e. The van der Waals surface area contributed by atoms with E-state index in [1.165, 1.54) is 6.26 Å². The molecular weight excluding hydrogens is 328 g/mol. The highest BCUT2D eigenvalue weighted by Crippen LogP contribution is 2.27. The second-order valence-corrected chi connectivity index (χ2v) is 7.32. The van der Waals surface area contributed by atoms with E-state index in [4.69, 9.17) is 15.2 Å². The zero-order chi connectivity index (χ0) is 18.9. The van der Waals surface area contributed by atoms with Crippen molar-refractivity contribution >= 4 is 11.7 Å². The van der Waals surface area contributed by atoms with E-state index in [0.717, 1.165) is 16.9 Å². The lowest BCUT2D eigenvalue weighted by atomic mass is 9.92. The molecule has 1 aromatic carbocycles. The molecule has 0 radical (unpaired) electrons. The van der Waals surface area contributed by atoms with Crippen molar-refractivity contribution < 1.29 is 9.21 Å². The molecule has 0 saturated heterocycles. The molecule has 0 aliphatic rings. The number of amides is 1. The average molecular weight is 352 g/mol. The number of aromatic nitrogens is 2. The van der Waals surface area contributed by atoms with Crippen LogP contribution in [0, 0.1) is 6.92 Å². The van der Waals surface area contributed by atoms with Gasteiger partial charge in [-0.3, -0.25) is 4.79 Å². The van der Waals surface area contributed by atoms with Crippen molar-refractivity contribution in [1.82, 2.24) is 9.78 Å². The number of para-hydroxylation sites is 1. The topological polar surface area (TPSA) is 86.1 Å². The molecule has 3 rings (SSSR count). The number of hydrogen-bond acceptors (Lipinski definition) is 4. The van der Waals surface area contributed by atoms with Crippen molar-refractivity contribution in [1.29, 1.82) is 0 Å². The summed E-state index contributed by atoms with van der Waals surface area (Å²) in [6.07, 6.45) is 1.41. The van der Waals surface area contributed by atoms with E-state index in [2.05, 4.69) is 26.1 Å². The number of hydrogen-bond donors (Lipinski definition) is 2. The molecule has 0 fully saturated rings. The summed E-state index contributed by atoms with van der Waals surface area (Å²) in [6.45, 7) is 8.54. The molecule has 0 unspecified atom stereocenters. The number of nitrogens with one attached hydrogen (secondary N) is 1. The van der Waals surface area contributed by atoms with Gasteiger partial charge in [0.25, 0.3) is 5.91 Å². The van der Waals surface area contributed by atoms with Gasteiger partial charge >= 0.3 is 0 Å². The molecular formula is C20H24N4O2. The van der Waals surface area contributed by atoms with E-state index in [1.807, 2.05) is 37.3 Å². The minimum absolute atomic E-state index is 0.143. The molecule has 3 aromatic rings. The quantitative estimate of drug-likeness (QED) is 0.748. The Morgan fingerprint density at radius 3 is 2.62 bits per heavy atom. The van der Waals surface area contributed by atoms with Crippen LogP contribution in [0.25, 0.3) is 5.69 Å². The summed E-state index contributed by atoms with van der Waals surface area (Å²) in [5.41, 5.74) is 8.72. The van der Waals surface area contributed by atoms with Crippen LogP contribution < -0.4 is 11.1 Å². The highest BCUT2D eigenvalue weighted by Gasteiger charge is 2.22. The monoisotopic (exact) mass is 352 g/mol. The van der Waals surface area contributed by atoms with E-state index < -0.39 is 0 Å². The molecule has 6 heteroatoms. The van der Waals surface area contributed by atoms with Crippen LogP contribution >= 0.6 is 0 Å². The Hall–Kier alpha value is -2.86. The number of aryl methyl sites for hydroxylation is 1. The maximum Gasteiger partial charge on any atom is 0.260 e. The minimum Gasteiger partial charge on any atom is -0.467 e. The highest BCUT2D eigenvalue weighted by molar-refractivity contribution is 6.03. The Bertz CT molecular complexity index is 931. The molecule has 26 heavy (non-hydrogen) atoms. The van der Waals surface area contributed by atoms with Crippen LogP contribution in [0.2, 0.25) is 0 Å². The van der Waals surface area contributed by atoms with Crippen LogP contribution in [-0.4, -0.2) is 15.7 Å². The third-order valence-corrected chi connectivity index (χ3v) is 4.18. The molecule has 2 aromatic heterocycles. The van der Waals surface area contributed by atoms with Crippen molar-refractivity contribution in [3.8, 4) is 5.69 Å². The van der Waals surface area contributed by atoms with Gasteiger partial charge in [-0.25, -0.2) is 4.68 Å². The van der Waals surface area contributed by atoms with Crippen LogP contribution in [0.4, 0.5) is 5.82 Å². The van der Waals surface area contributed by atoms with Crippen molar-refractivity contribution in [3.05, 3.63) is 65.2 Å². The first-order valence-electron chi connectivity index (χ1n) is 8.55. The predicted octanol–water partition coefficient (Wildman–Crippen LogP) is 3.78. The zero-order valence-electron chi connectivity index (χ0n) is 15.5. The number of carbonyl (C=O) groups excluding carboxylic acids is 1. The number of benzene rings is 1. The van der Waals surface area contributed by atoms with Gasteiger partial charge in [0.2, 0.25) is 0 Å². The largest absolute Gasteiger partial charge is 0.467 e. The van der Waals surface area contributed by atoms with Crippen molar-refractivity contribution in [2.45, 2.75) is 39.7 Å². The summed E-state index contributed by atoms with van der Waals surface area (Å²) in [6, 6.07) is 11.5. The van der Waals surface area contributed by atoms with Gasteiger partial charge in [0.1, 0.15) is 17.8 Å². The van der Waals surface area contributed by atoms with Crippen LogP contribution in [0.1, 0.15) is 48.1 Å². The van der Waals surface area contributed by atoms with Gasteiger partial charge in [-0.05, 0) is 24.6 Å². The first-order chi connectivity index (χ1) is 12.3. The molecule has 0 spiro atoms. The maximum absolute atomic E-state index is 12.6. The molecule has 0 aliphatic carbocycles. The molecule has 2 heterocycles. The van der Waals surface area contributed by atoms with Crippen molar-refractivity contribution in [2.75, 3.05) is 5.32 Å². The predicted molar refractivity (Wildman–Crippen MR) is 102 cm³/mol. The van der Waals surface area contributed by atoms with E-state index in [9.17, 15) is 4.79 Å². The molecule has 0 saturated carbocycles. The highest BCUT2D eigenvalue weighted by atomic mass is 16.3. The maximum atomic E-state index is 12.6. The molecule has 0 atom stereocenters. The SMILES string of the molecule is Cc1ccccc1-n1nc(C(C)(C)C)cc1NC(=O)c1coc(CN)c1. The van der Waals surface area contributed by atoms with Crippen LogP contribution in [-0.2, 0) is 12.0 Å². The second-order valence-electron chi connectivity index (χ2n) is 7.32. The van der Waals surface area contributed by atoms with Gasteiger partial charge in [-0.1, -0.05) is 39.0 Å². The number of carbonyl (C=O) groups is 1. The fraction of sp³-hybridized carbons (Fsp3) is 0.300. The molecule has 1 amide bonds. The molecule has 0 aliphatic heterocycles. The average Bonchev–Trinajstić information content (AvgIpc) is 3.22. The first-order valence-corrected chi connectivity index (χ1v) is 8.55. The second kappa shape index (κ2) is 6.80. The lowest BCUT2D eigenvalue weighted by Gasteiger charge is -2.14. The minimum atomic E-state index is -0.261. The first kappa shape index (κ1) is 17.9. The summed E-state index contributed by atoms with van der Waals surface area (Å²) >= 11 is 0. The van der Waals surface area contributed by atoms with Crippen molar-refractivity contribution in [2.24, 2.45) is 5.73 Å². The fourth-order valence-electron chi connectivity index (χ4n) is 2.62. The summed E-state index contributed by atoms with van der Waals surface area (Å²) in [7, 11) is 0. The summed E-state index contributed by atoms with van der Waals surface area (Å²) < 4.78 is 7.03. The van der Waals surface area contributed by atoms with Gasteiger partial charge in [0.05, 0.1) is 23.5 Å². The summed E-state index contributed by atoms with van der Waals surface area (Å²) in [4.78, 5) is 12.6. The number of nitrogens with two attached hydrogens (primary N) is 1. The Kier molecular flexibility index (Phi) is 4.70. The van der Waals surface area contributed by atoms with Gasteiger partial charge < -0.3 is 15.5 Å². The van der Waals surface area contributed by atoms with Gasteiger partial charge in [0.15, 0.2) is 0 Å². The lowest BCUT2D eigenvalue weighted by molar-refractivity contribution is 0.102. The molecule has 6 nitrogen and oxygen atoms in total. The molecule has 3 N–H and O–H groups in total. The lowest BCUT2D eigenvalue weighted by Crippen LogP contribution is -2.15.